The van der Waals surface area contributed by atoms with Crippen molar-refractivity contribution in [1.29, 1.82) is 0 Å². The maximum absolute atomic E-state index is 14.7. The van der Waals surface area contributed by atoms with Gasteiger partial charge in [-0.2, -0.15) is 31.4 Å². The van der Waals surface area contributed by atoms with Crippen LogP contribution in [0.15, 0.2) is 85.1 Å². The molecule has 0 spiro atoms. The summed E-state index contributed by atoms with van der Waals surface area (Å²) in [5.41, 5.74) is 0.785. The first kappa shape index (κ1) is 36.6. The molecule has 0 bridgehead atoms. The number of carbonyl (C=O) groups excluding carboxylic acids is 1. The van der Waals surface area contributed by atoms with Gasteiger partial charge in [-0.1, -0.05) is 55.0 Å². The normalized spacial score (nSPS) is 17.3. The molecule has 2 aliphatic rings. The Morgan fingerprint density at radius 2 is 1.58 bits per heavy atom. The van der Waals surface area contributed by atoms with E-state index in [9.17, 15) is 31.1 Å². The van der Waals surface area contributed by atoms with Crippen LogP contribution >= 0.6 is 0 Å². The first-order valence-corrected chi connectivity index (χ1v) is 17.9. The van der Waals surface area contributed by atoms with E-state index in [1.165, 1.54) is 42.8 Å². The molecular weight excluding hydrogens is 694 g/mol. The smallest absolute Gasteiger partial charge is 0.337 e. The molecule has 13 heteroatoms. The molecule has 1 atom stereocenters. The summed E-state index contributed by atoms with van der Waals surface area (Å²) in [7, 11) is 1.75. The second-order valence-electron chi connectivity index (χ2n) is 14.0. The van der Waals surface area contributed by atoms with Crippen LogP contribution in [0.25, 0.3) is 33.4 Å². The molecule has 278 valence electrons. The summed E-state index contributed by atoms with van der Waals surface area (Å²) in [4.78, 5) is 24.1. The van der Waals surface area contributed by atoms with E-state index in [-0.39, 0.29) is 45.4 Å². The minimum absolute atomic E-state index is 0.0662. The van der Waals surface area contributed by atoms with Crippen molar-refractivity contribution in [2.24, 2.45) is 7.05 Å². The number of likely N-dealkylation sites (tertiary alicyclic amines) is 2. The lowest BCUT2D eigenvalue weighted by Gasteiger charge is -2.40. The van der Waals surface area contributed by atoms with Crippen molar-refractivity contribution in [2.75, 3.05) is 26.2 Å². The molecule has 53 heavy (non-hydrogen) atoms. The number of halogens is 6. The summed E-state index contributed by atoms with van der Waals surface area (Å²) in [5.74, 6) is -1.01. The largest absolute Gasteiger partial charge is 0.416 e. The first-order valence-electron chi connectivity index (χ1n) is 17.9. The zero-order valence-corrected chi connectivity index (χ0v) is 29.2. The fraction of sp³-hybridized carbons (Fsp3) is 0.375. The lowest BCUT2D eigenvalue weighted by Crippen LogP contribution is -2.46. The third kappa shape index (κ3) is 8.11. The monoisotopic (exact) mass is 734 g/mol. The van der Waals surface area contributed by atoms with Gasteiger partial charge in [0.2, 0.25) is 0 Å². The van der Waals surface area contributed by atoms with E-state index in [4.69, 9.17) is 4.98 Å². The van der Waals surface area contributed by atoms with E-state index < -0.39 is 29.9 Å². The average Bonchev–Trinajstić information content (AvgIpc) is 3.59. The molecule has 2 aromatic heterocycles. The summed E-state index contributed by atoms with van der Waals surface area (Å²) in [6, 6.07) is 16.6. The minimum atomic E-state index is -4.85. The second kappa shape index (κ2) is 14.9. The number of aryl methyl sites for hydroxylation is 1. The number of pyridine rings is 1. The van der Waals surface area contributed by atoms with Gasteiger partial charge in [0.05, 0.1) is 28.0 Å². The van der Waals surface area contributed by atoms with Gasteiger partial charge in [-0.25, -0.2) is 4.98 Å². The van der Waals surface area contributed by atoms with Crippen LogP contribution < -0.4 is 5.32 Å². The van der Waals surface area contributed by atoms with Crippen molar-refractivity contribution >= 4 is 16.8 Å². The van der Waals surface area contributed by atoms with Crippen LogP contribution in [0.4, 0.5) is 26.3 Å². The van der Waals surface area contributed by atoms with Gasteiger partial charge < -0.3 is 10.2 Å². The molecule has 0 radical (unpaired) electrons. The Kier molecular flexibility index (Phi) is 10.3. The van der Waals surface area contributed by atoms with E-state index in [1.54, 1.807) is 48.3 Å². The molecule has 1 amide bonds. The SMILES string of the molecule is Cn1ccc(-c2ccc3nc(-c4cccc(C(F)(F)F)c4)c(CN4CCC(N5CCCCC5)CC4)c(C(=O)N[C@H](c4ccccc4)C(F)(F)F)c3c2)n1. The number of aromatic nitrogens is 3. The number of amides is 1. The summed E-state index contributed by atoms with van der Waals surface area (Å²) in [6.45, 7) is 3.48. The van der Waals surface area contributed by atoms with E-state index in [0.29, 0.717) is 30.4 Å². The van der Waals surface area contributed by atoms with Crippen LogP contribution in [0.5, 0.6) is 0 Å². The third-order valence-corrected chi connectivity index (χ3v) is 10.4. The number of piperidine rings is 2. The topological polar surface area (TPSA) is 66.3 Å². The summed E-state index contributed by atoms with van der Waals surface area (Å²) in [5, 5.41) is 7.01. The predicted octanol–water partition coefficient (Wildman–Crippen LogP) is 8.80. The highest BCUT2D eigenvalue weighted by atomic mass is 19.4. The second-order valence-corrected chi connectivity index (χ2v) is 14.0. The number of nitrogens with zero attached hydrogens (tertiary/aromatic N) is 5. The molecule has 0 aliphatic carbocycles. The van der Waals surface area contributed by atoms with E-state index >= 15 is 0 Å². The van der Waals surface area contributed by atoms with Gasteiger partial charge in [0.25, 0.3) is 5.91 Å². The molecule has 7 nitrogen and oxygen atoms in total. The zero-order valence-electron chi connectivity index (χ0n) is 29.2. The Morgan fingerprint density at radius 3 is 2.25 bits per heavy atom. The average molecular weight is 735 g/mol. The van der Waals surface area contributed by atoms with Gasteiger partial charge in [-0.05, 0) is 87.8 Å². The number of alkyl halides is 6. The molecule has 3 aromatic carbocycles. The lowest BCUT2D eigenvalue weighted by molar-refractivity contribution is -0.155. The quantitative estimate of drug-likeness (QED) is 0.162. The standard InChI is InChI=1S/C40H40F6N6O/c1-50-20-17-33(49-50)27-13-14-34-31(24-27)35(38(53)48-37(40(44,45)46)26-9-4-2-5-10-26)32(36(47-34)28-11-8-12-29(23-28)39(41,42)43)25-51-21-15-30(16-22-51)52-18-6-3-7-19-52/h2,4-5,8-14,17,20,23-24,30,37H,3,6-7,15-16,18-19,21-22,25H2,1H3,(H,48,53)/t37-/m1/s1. The number of benzene rings is 3. The number of rotatable bonds is 8. The summed E-state index contributed by atoms with van der Waals surface area (Å²) < 4.78 is 87.7. The van der Waals surface area contributed by atoms with Crippen LogP contribution in [0, 0.1) is 0 Å². The van der Waals surface area contributed by atoms with Crippen molar-refractivity contribution < 1.29 is 31.1 Å². The highest BCUT2D eigenvalue weighted by Crippen LogP contribution is 2.39. The molecule has 0 saturated carbocycles. The molecule has 0 unspecified atom stereocenters. The first-order chi connectivity index (χ1) is 25.3. The van der Waals surface area contributed by atoms with Crippen LogP contribution in [-0.4, -0.2) is 68.9 Å². The molecule has 2 fully saturated rings. The molecular formula is C40H40F6N6O. The zero-order chi connectivity index (χ0) is 37.3. The van der Waals surface area contributed by atoms with Crippen molar-refractivity contribution in [1.82, 2.24) is 29.9 Å². The molecule has 4 heterocycles. The molecule has 2 aliphatic heterocycles. The van der Waals surface area contributed by atoms with Crippen LogP contribution in [0.2, 0.25) is 0 Å². The minimum Gasteiger partial charge on any atom is -0.337 e. The Balaban J connectivity index is 1.39. The van der Waals surface area contributed by atoms with Crippen LogP contribution in [0.1, 0.15) is 65.2 Å². The highest BCUT2D eigenvalue weighted by molar-refractivity contribution is 6.10. The van der Waals surface area contributed by atoms with Crippen LogP contribution in [0.3, 0.4) is 0 Å². The number of carbonyl (C=O) groups is 1. The number of hydrogen-bond acceptors (Lipinski definition) is 5. The number of hydrogen-bond donors (Lipinski definition) is 1. The molecule has 7 rings (SSSR count). The van der Waals surface area contributed by atoms with Crippen LogP contribution in [-0.2, 0) is 19.8 Å². The van der Waals surface area contributed by atoms with Gasteiger partial charge >= 0.3 is 12.4 Å². The van der Waals surface area contributed by atoms with Gasteiger partial charge in [-0.3, -0.25) is 14.4 Å². The maximum Gasteiger partial charge on any atom is 0.416 e. The highest BCUT2D eigenvalue weighted by Gasteiger charge is 2.43. The Morgan fingerprint density at radius 1 is 0.849 bits per heavy atom. The van der Waals surface area contributed by atoms with Gasteiger partial charge in [-0.15, -0.1) is 0 Å². The Labute approximate surface area is 303 Å². The molecule has 5 aromatic rings. The molecule has 2 saturated heterocycles. The Hall–Kier alpha value is -4.75. The Bertz CT molecular complexity index is 2060. The van der Waals surface area contributed by atoms with Gasteiger partial charge in [0, 0.05) is 47.9 Å². The van der Waals surface area contributed by atoms with Crippen molar-refractivity contribution in [3.63, 3.8) is 0 Å². The van der Waals surface area contributed by atoms with E-state index in [0.717, 1.165) is 50.9 Å². The maximum atomic E-state index is 14.7. The lowest BCUT2D eigenvalue weighted by atomic mass is 9.92. The van der Waals surface area contributed by atoms with E-state index in [1.807, 2.05) is 0 Å². The number of nitrogens with one attached hydrogen (secondary N) is 1. The van der Waals surface area contributed by atoms with Gasteiger partial charge in [0.1, 0.15) is 0 Å². The summed E-state index contributed by atoms with van der Waals surface area (Å²) in [6.07, 6.45) is -2.51. The van der Waals surface area contributed by atoms with Gasteiger partial charge in [0.15, 0.2) is 6.04 Å². The van der Waals surface area contributed by atoms with Crippen molar-refractivity contribution in [3.8, 4) is 22.5 Å². The fourth-order valence-electron chi connectivity index (χ4n) is 7.68. The van der Waals surface area contributed by atoms with E-state index in [2.05, 4.69) is 20.2 Å². The fourth-order valence-corrected chi connectivity index (χ4v) is 7.68. The third-order valence-electron chi connectivity index (χ3n) is 10.4. The molecule has 1 N–H and O–H groups in total. The van der Waals surface area contributed by atoms with Crippen molar-refractivity contribution in [2.45, 2.75) is 63.1 Å². The van der Waals surface area contributed by atoms with Crippen molar-refractivity contribution in [3.05, 3.63) is 107 Å². The number of fused-ring (bicyclic) bond motifs is 1. The summed E-state index contributed by atoms with van der Waals surface area (Å²) >= 11 is 0. The predicted molar refractivity (Wildman–Crippen MR) is 191 cm³/mol.